The number of fused-ring (bicyclic) bond motifs is 1. The maximum Gasteiger partial charge on any atom is 0.164 e. The maximum atomic E-state index is 6.10. The molecule has 2 aromatic heterocycles. The van der Waals surface area contributed by atoms with E-state index in [1.165, 1.54) is 0 Å². The number of methoxy groups -OCH3 is 2. The monoisotopic (exact) mass is 397 g/mol. The summed E-state index contributed by atoms with van der Waals surface area (Å²) in [7, 11) is 3.33. The number of hydrogen-bond acceptors (Lipinski definition) is 5. The number of benzene rings is 1. The maximum absolute atomic E-state index is 6.10. The lowest BCUT2D eigenvalue weighted by Gasteiger charge is -2.18. The van der Waals surface area contributed by atoms with Crippen molar-refractivity contribution < 1.29 is 14.2 Å². The van der Waals surface area contributed by atoms with E-state index in [2.05, 4.69) is 23.2 Å². The van der Waals surface area contributed by atoms with Gasteiger partial charge in [0, 0.05) is 19.0 Å². The molecule has 6 nitrogen and oxygen atoms in total. The molecule has 3 aromatic rings. The van der Waals surface area contributed by atoms with Gasteiger partial charge in [-0.1, -0.05) is 20.3 Å². The zero-order valence-electron chi connectivity index (χ0n) is 18.3. The number of imidazole rings is 1. The fraction of sp³-hybridized carbons (Fsp3) is 0.478. The standard InChI is InChI=1S/C23H31N3O3/c1-7-10-17(29-9-3)22-16(8-2)25-23-21(24-11-12-26(22)23)20-18(27-5)13-15(4)14-19(20)28-6/h11-14,17H,7-10H2,1-6H3. The van der Waals surface area contributed by atoms with Gasteiger partial charge in [-0.3, -0.25) is 9.38 Å². The van der Waals surface area contributed by atoms with Crippen molar-refractivity contribution >= 4 is 5.65 Å². The first-order valence-corrected chi connectivity index (χ1v) is 10.3. The van der Waals surface area contributed by atoms with E-state index in [9.17, 15) is 0 Å². The Hall–Kier alpha value is -2.60. The molecule has 0 spiro atoms. The first-order valence-electron chi connectivity index (χ1n) is 10.3. The molecule has 0 saturated heterocycles. The third-order valence-electron chi connectivity index (χ3n) is 5.10. The van der Waals surface area contributed by atoms with Gasteiger partial charge in [-0.25, -0.2) is 4.98 Å². The summed E-state index contributed by atoms with van der Waals surface area (Å²) in [5.41, 5.74) is 5.56. The van der Waals surface area contributed by atoms with E-state index in [0.717, 1.165) is 64.6 Å². The van der Waals surface area contributed by atoms with Gasteiger partial charge in [0.2, 0.25) is 0 Å². The van der Waals surface area contributed by atoms with Crippen LogP contribution in [0, 0.1) is 6.92 Å². The van der Waals surface area contributed by atoms with E-state index in [4.69, 9.17) is 19.2 Å². The first kappa shape index (κ1) is 21.1. The molecular weight excluding hydrogens is 366 g/mol. The van der Waals surface area contributed by atoms with Crippen molar-refractivity contribution in [2.75, 3.05) is 20.8 Å². The Morgan fingerprint density at radius 1 is 1.07 bits per heavy atom. The van der Waals surface area contributed by atoms with E-state index in [-0.39, 0.29) is 6.10 Å². The second-order valence-corrected chi connectivity index (χ2v) is 7.04. The van der Waals surface area contributed by atoms with Crippen molar-refractivity contribution in [3.63, 3.8) is 0 Å². The number of aromatic nitrogens is 3. The summed E-state index contributed by atoms with van der Waals surface area (Å²) in [5, 5.41) is 0. The van der Waals surface area contributed by atoms with Gasteiger partial charge in [0.25, 0.3) is 0 Å². The highest BCUT2D eigenvalue weighted by atomic mass is 16.5. The first-order chi connectivity index (χ1) is 14.1. The highest BCUT2D eigenvalue weighted by Crippen LogP contribution is 2.41. The number of hydrogen-bond donors (Lipinski definition) is 0. The second-order valence-electron chi connectivity index (χ2n) is 7.04. The van der Waals surface area contributed by atoms with Crippen molar-refractivity contribution in [2.24, 2.45) is 0 Å². The van der Waals surface area contributed by atoms with Crippen LogP contribution in [0.1, 0.15) is 56.7 Å². The van der Waals surface area contributed by atoms with Crippen LogP contribution in [-0.2, 0) is 11.2 Å². The minimum Gasteiger partial charge on any atom is -0.496 e. The van der Waals surface area contributed by atoms with Crippen molar-refractivity contribution in [1.82, 2.24) is 14.4 Å². The minimum atomic E-state index is 0.00649. The molecule has 0 fully saturated rings. The van der Waals surface area contributed by atoms with Crippen LogP contribution in [0.4, 0.5) is 0 Å². The molecular formula is C23H31N3O3. The third kappa shape index (κ3) is 3.94. The van der Waals surface area contributed by atoms with Gasteiger partial charge in [-0.05, 0) is 44.4 Å². The van der Waals surface area contributed by atoms with E-state index in [1.807, 2.05) is 32.2 Å². The van der Waals surface area contributed by atoms with Crippen LogP contribution in [0.5, 0.6) is 11.5 Å². The summed E-state index contributed by atoms with van der Waals surface area (Å²) in [5.74, 6) is 1.44. The molecule has 0 N–H and O–H groups in total. The van der Waals surface area contributed by atoms with Crippen LogP contribution in [0.15, 0.2) is 24.5 Å². The Balaban J connectivity index is 2.31. The van der Waals surface area contributed by atoms with Gasteiger partial charge in [0.05, 0.1) is 37.3 Å². The quantitative estimate of drug-likeness (QED) is 0.499. The fourth-order valence-electron chi connectivity index (χ4n) is 3.86. The lowest BCUT2D eigenvalue weighted by molar-refractivity contribution is 0.0514. The molecule has 0 radical (unpaired) electrons. The summed E-state index contributed by atoms with van der Waals surface area (Å²) in [6, 6.07) is 3.99. The van der Waals surface area contributed by atoms with Gasteiger partial charge in [0.15, 0.2) is 5.65 Å². The highest BCUT2D eigenvalue weighted by molar-refractivity contribution is 5.83. The minimum absolute atomic E-state index is 0.00649. The molecule has 0 saturated carbocycles. The lowest BCUT2D eigenvalue weighted by atomic mass is 10.1. The Bertz CT molecular complexity index is 950. The zero-order chi connectivity index (χ0) is 21.0. The Morgan fingerprint density at radius 2 is 1.76 bits per heavy atom. The lowest BCUT2D eigenvalue weighted by Crippen LogP contribution is -2.10. The van der Waals surface area contributed by atoms with E-state index >= 15 is 0 Å². The molecule has 2 heterocycles. The molecule has 3 rings (SSSR count). The Morgan fingerprint density at radius 3 is 2.31 bits per heavy atom. The van der Waals surface area contributed by atoms with Crippen LogP contribution in [-0.4, -0.2) is 35.2 Å². The molecule has 0 aliphatic heterocycles. The van der Waals surface area contributed by atoms with Crippen LogP contribution in [0.2, 0.25) is 0 Å². The second kappa shape index (κ2) is 9.27. The average molecular weight is 398 g/mol. The van der Waals surface area contributed by atoms with Crippen molar-refractivity contribution in [3.05, 3.63) is 41.5 Å². The topological polar surface area (TPSA) is 57.9 Å². The van der Waals surface area contributed by atoms with Gasteiger partial charge < -0.3 is 14.2 Å². The van der Waals surface area contributed by atoms with Gasteiger partial charge in [0.1, 0.15) is 17.2 Å². The molecule has 1 atom stereocenters. The SMILES string of the molecule is CCCC(OCC)c1c(CC)nc2c(-c3c(OC)cc(C)cc3OC)nccn12. The van der Waals surface area contributed by atoms with Crippen molar-refractivity contribution in [1.29, 1.82) is 0 Å². The van der Waals surface area contributed by atoms with E-state index in [0.29, 0.717) is 6.61 Å². The number of aryl methyl sites for hydroxylation is 2. The Labute approximate surface area is 172 Å². The van der Waals surface area contributed by atoms with Crippen LogP contribution >= 0.6 is 0 Å². The molecule has 0 aliphatic carbocycles. The summed E-state index contributed by atoms with van der Waals surface area (Å²) in [6.45, 7) is 9.02. The fourth-order valence-corrected chi connectivity index (χ4v) is 3.86. The van der Waals surface area contributed by atoms with Crippen LogP contribution in [0.3, 0.4) is 0 Å². The molecule has 1 aromatic carbocycles. The van der Waals surface area contributed by atoms with Gasteiger partial charge >= 0.3 is 0 Å². The predicted octanol–water partition coefficient (Wildman–Crippen LogP) is 5.16. The molecule has 0 amide bonds. The number of rotatable bonds is 9. The smallest absolute Gasteiger partial charge is 0.164 e. The largest absolute Gasteiger partial charge is 0.496 e. The van der Waals surface area contributed by atoms with E-state index < -0.39 is 0 Å². The summed E-state index contributed by atoms with van der Waals surface area (Å²) in [6.07, 6.45) is 6.59. The predicted molar refractivity (Wildman–Crippen MR) is 115 cm³/mol. The average Bonchev–Trinajstić information content (AvgIpc) is 3.11. The highest BCUT2D eigenvalue weighted by Gasteiger charge is 2.25. The molecule has 1 unspecified atom stereocenters. The van der Waals surface area contributed by atoms with Crippen molar-refractivity contribution in [3.8, 4) is 22.8 Å². The van der Waals surface area contributed by atoms with Crippen LogP contribution < -0.4 is 9.47 Å². The van der Waals surface area contributed by atoms with Gasteiger partial charge in [-0.2, -0.15) is 0 Å². The molecule has 0 bridgehead atoms. The molecule has 6 heteroatoms. The summed E-state index contributed by atoms with van der Waals surface area (Å²) >= 11 is 0. The van der Waals surface area contributed by atoms with E-state index in [1.54, 1.807) is 20.4 Å². The Kier molecular flexibility index (Phi) is 6.75. The molecule has 29 heavy (non-hydrogen) atoms. The molecule has 0 aliphatic rings. The number of ether oxygens (including phenoxy) is 3. The molecule has 156 valence electrons. The third-order valence-corrected chi connectivity index (χ3v) is 5.10. The summed E-state index contributed by atoms with van der Waals surface area (Å²) in [4.78, 5) is 9.66. The number of nitrogens with zero attached hydrogens (tertiary/aromatic N) is 3. The van der Waals surface area contributed by atoms with Gasteiger partial charge in [-0.15, -0.1) is 0 Å². The summed E-state index contributed by atoms with van der Waals surface area (Å²) < 4.78 is 19.6. The zero-order valence-corrected chi connectivity index (χ0v) is 18.3. The van der Waals surface area contributed by atoms with Crippen LogP contribution in [0.25, 0.3) is 16.9 Å². The van der Waals surface area contributed by atoms with Crippen molar-refractivity contribution in [2.45, 2.75) is 53.1 Å². The normalized spacial score (nSPS) is 12.3.